The smallest absolute Gasteiger partial charge is 0.224 e. The predicted molar refractivity (Wildman–Crippen MR) is 76.0 cm³/mol. The number of ether oxygens (including phenoxy) is 1. The Balaban J connectivity index is 1.47. The summed E-state index contributed by atoms with van der Waals surface area (Å²) >= 11 is 0. The summed E-state index contributed by atoms with van der Waals surface area (Å²) < 4.78 is 5.85. The van der Waals surface area contributed by atoms with Crippen LogP contribution in [0.1, 0.15) is 51.4 Å². The van der Waals surface area contributed by atoms with Crippen molar-refractivity contribution in [3.05, 3.63) is 0 Å². The van der Waals surface area contributed by atoms with Gasteiger partial charge in [-0.1, -0.05) is 19.3 Å². The van der Waals surface area contributed by atoms with E-state index in [4.69, 9.17) is 4.74 Å². The van der Waals surface area contributed by atoms with Crippen LogP contribution in [0.4, 0.5) is 0 Å². The molecule has 2 rings (SSSR count). The van der Waals surface area contributed by atoms with E-state index in [0.717, 1.165) is 45.5 Å². The Labute approximate surface area is 116 Å². The lowest BCUT2D eigenvalue weighted by molar-refractivity contribution is -0.125. The Hall–Kier alpha value is -0.610. The second kappa shape index (κ2) is 8.54. The molecule has 0 bridgehead atoms. The molecule has 0 aromatic rings. The average Bonchev–Trinajstić information content (AvgIpc) is 2.49. The molecule has 1 aliphatic heterocycles. The van der Waals surface area contributed by atoms with Crippen molar-refractivity contribution in [2.45, 2.75) is 57.5 Å². The van der Waals surface area contributed by atoms with Crippen molar-refractivity contribution >= 4 is 5.91 Å². The van der Waals surface area contributed by atoms with Crippen LogP contribution in [0.25, 0.3) is 0 Å². The van der Waals surface area contributed by atoms with Gasteiger partial charge in [-0.15, -0.1) is 0 Å². The molecule has 1 saturated carbocycles. The first kappa shape index (κ1) is 14.8. The summed E-state index contributed by atoms with van der Waals surface area (Å²) in [5.41, 5.74) is 0. The van der Waals surface area contributed by atoms with Crippen LogP contribution in [0, 0.1) is 5.92 Å². The highest BCUT2D eigenvalue weighted by molar-refractivity contribution is 5.78. The minimum Gasteiger partial charge on any atom is -0.378 e. The monoisotopic (exact) mass is 268 g/mol. The van der Waals surface area contributed by atoms with Gasteiger partial charge in [0.2, 0.25) is 5.91 Å². The number of amides is 1. The third-order valence-corrected chi connectivity index (χ3v) is 4.19. The van der Waals surface area contributed by atoms with E-state index in [1.54, 1.807) is 0 Å². The van der Waals surface area contributed by atoms with Crippen molar-refractivity contribution in [2.24, 2.45) is 5.92 Å². The molecule has 1 amide bonds. The third-order valence-electron chi connectivity index (χ3n) is 4.19. The zero-order valence-electron chi connectivity index (χ0n) is 12.0. The summed E-state index contributed by atoms with van der Waals surface area (Å²) in [5.74, 6) is 0.387. The Morgan fingerprint density at radius 2 is 2.00 bits per heavy atom. The van der Waals surface area contributed by atoms with Crippen molar-refractivity contribution in [3.8, 4) is 0 Å². The topological polar surface area (TPSA) is 50.4 Å². The fourth-order valence-corrected chi connectivity index (χ4v) is 2.99. The van der Waals surface area contributed by atoms with E-state index >= 15 is 0 Å². The molecule has 1 atom stereocenters. The van der Waals surface area contributed by atoms with Gasteiger partial charge < -0.3 is 15.4 Å². The van der Waals surface area contributed by atoms with E-state index in [1.807, 2.05) is 0 Å². The second-order valence-electron chi connectivity index (χ2n) is 5.82. The van der Waals surface area contributed by atoms with Gasteiger partial charge in [-0.2, -0.15) is 0 Å². The summed E-state index contributed by atoms with van der Waals surface area (Å²) in [6.45, 7) is 3.43. The Kier molecular flexibility index (Phi) is 6.65. The number of nitrogens with one attached hydrogen (secondary N) is 2. The minimum absolute atomic E-state index is 0.174. The van der Waals surface area contributed by atoms with Crippen LogP contribution in [0.3, 0.4) is 0 Å². The van der Waals surface area contributed by atoms with Gasteiger partial charge in [0.1, 0.15) is 0 Å². The summed E-state index contributed by atoms with van der Waals surface area (Å²) in [7, 11) is 0. The van der Waals surface area contributed by atoms with E-state index in [9.17, 15) is 4.79 Å². The van der Waals surface area contributed by atoms with Crippen molar-refractivity contribution in [1.29, 1.82) is 0 Å². The first-order chi connectivity index (χ1) is 9.36. The Morgan fingerprint density at radius 3 is 2.74 bits per heavy atom. The predicted octanol–water partition coefficient (Wildman–Crippen LogP) is 1.84. The highest BCUT2D eigenvalue weighted by Crippen LogP contribution is 2.20. The van der Waals surface area contributed by atoms with Crippen molar-refractivity contribution in [2.75, 3.05) is 26.2 Å². The maximum Gasteiger partial charge on any atom is 0.224 e. The van der Waals surface area contributed by atoms with Gasteiger partial charge in [0.15, 0.2) is 0 Å². The summed E-state index contributed by atoms with van der Waals surface area (Å²) in [6.07, 6.45) is 9.99. The number of piperidine rings is 1. The molecule has 4 heteroatoms. The van der Waals surface area contributed by atoms with Gasteiger partial charge in [0.25, 0.3) is 0 Å². The van der Waals surface area contributed by atoms with E-state index in [0.29, 0.717) is 6.10 Å². The molecule has 4 nitrogen and oxygen atoms in total. The van der Waals surface area contributed by atoms with Crippen LogP contribution in [0.15, 0.2) is 0 Å². The van der Waals surface area contributed by atoms with Crippen LogP contribution in [0.5, 0.6) is 0 Å². The quantitative estimate of drug-likeness (QED) is 0.723. The molecule has 0 radical (unpaired) electrons. The number of carbonyl (C=O) groups excluding carboxylic acids is 1. The highest BCUT2D eigenvalue weighted by Gasteiger charge is 2.20. The SMILES string of the molecule is O=C(NCCCOC1CCCCC1)C1CCCNC1. The molecule has 110 valence electrons. The standard InChI is InChI=1S/C15H28N2O2/c18-15(13-6-4-9-16-12-13)17-10-5-11-19-14-7-2-1-3-8-14/h13-14,16H,1-12H2,(H,17,18). The number of carbonyl (C=O) groups is 1. The summed E-state index contributed by atoms with van der Waals surface area (Å²) in [4.78, 5) is 11.9. The zero-order valence-corrected chi connectivity index (χ0v) is 12.0. The highest BCUT2D eigenvalue weighted by atomic mass is 16.5. The van der Waals surface area contributed by atoms with Gasteiger partial charge in [-0.25, -0.2) is 0 Å². The third kappa shape index (κ3) is 5.49. The molecule has 0 aromatic carbocycles. The van der Waals surface area contributed by atoms with E-state index in [2.05, 4.69) is 10.6 Å². The fraction of sp³-hybridized carbons (Fsp3) is 0.933. The molecule has 2 fully saturated rings. The molecule has 0 aromatic heterocycles. The fourth-order valence-electron chi connectivity index (χ4n) is 2.99. The lowest BCUT2D eigenvalue weighted by Crippen LogP contribution is -2.41. The van der Waals surface area contributed by atoms with Gasteiger partial charge >= 0.3 is 0 Å². The van der Waals surface area contributed by atoms with E-state index in [-0.39, 0.29) is 11.8 Å². The van der Waals surface area contributed by atoms with Crippen LogP contribution in [-0.4, -0.2) is 38.3 Å². The molecule has 1 aliphatic carbocycles. The number of rotatable bonds is 6. The lowest BCUT2D eigenvalue weighted by atomic mass is 9.98. The summed E-state index contributed by atoms with van der Waals surface area (Å²) in [6, 6.07) is 0. The maximum atomic E-state index is 11.9. The largest absolute Gasteiger partial charge is 0.378 e. The number of hydrogen-bond donors (Lipinski definition) is 2. The molecule has 1 heterocycles. The van der Waals surface area contributed by atoms with Crippen molar-refractivity contribution in [1.82, 2.24) is 10.6 Å². The average molecular weight is 268 g/mol. The van der Waals surface area contributed by atoms with Gasteiger partial charge in [-0.05, 0) is 38.6 Å². The van der Waals surface area contributed by atoms with Crippen LogP contribution >= 0.6 is 0 Å². The normalized spacial score (nSPS) is 25.2. The molecule has 19 heavy (non-hydrogen) atoms. The van der Waals surface area contributed by atoms with E-state index in [1.165, 1.54) is 32.1 Å². The van der Waals surface area contributed by atoms with Gasteiger partial charge in [-0.3, -0.25) is 4.79 Å². The second-order valence-corrected chi connectivity index (χ2v) is 5.82. The molecule has 1 unspecified atom stereocenters. The van der Waals surface area contributed by atoms with E-state index < -0.39 is 0 Å². The van der Waals surface area contributed by atoms with Gasteiger partial charge in [0.05, 0.1) is 12.0 Å². The first-order valence-electron chi connectivity index (χ1n) is 7.96. The van der Waals surface area contributed by atoms with Crippen LogP contribution in [-0.2, 0) is 9.53 Å². The maximum absolute atomic E-state index is 11.9. The minimum atomic E-state index is 0.174. The van der Waals surface area contributed by atoms with Crippen LogP contribution in [0.2, 0.25) is 0 Å². The van der Waals surface area contributed by atoms with Crippen molar-refractivity contribution < 1.29 is 9.53 Å². The zero-order chi connectivity index (χ0) is 13.3. The van der Waals surface area contributed by atoms with Crippen molar-refractivity contribution in [3.63, 3.8) is 0 Å². The lowest BCUT2D eigenvalue weighted by Gasteiger charge is -2.23. The summed E-state index contributed by atoms with van der Waals surface area (Å²) in [5, 5.41) is 6.31. The molecular weight excluding hydrogens is 240 g/mol. The molecule has 2 N–H and O–H groups in total. The molecule has 1 saturated heterocycles. The molecule has 0 spiro atoms. The van der Waals surface area contributed by atoms with Crippen LogP contribution < -0.4 is 10.6 Å². The molecular formula is C15H28N2O2. The first-order valence-corrected chi connectivity index (χ1v) is 7.96. The van der Waals surface area contributed by atoms with Gasteiger partial charge in [0, 0.05) is 19.7 Å². The molecule has 2 aliphatic rings. The number of hydrogen-bond acceptors (Lipinski definition) is 3. The Bertz CT molecular complexity index is 259. The Morgan fingerprint density at radius 1 is 1.16 bits per heavy atom.